The molecular formula is C17H18N2S. The van der Waals surface area contributed by atoms with Gasteiger partial charge in [0.05, 0.1) is 0 Å². The smallest absolute Gasteiger partial charge is 0.166 e. The standard InChI is InChI=1S/C17H18N2S/c20-17(19-14-16-10-5-2-6-11-16)18-13-7-12-15-8-3-1-4-9-15/h1-12H,13-14H2,(H2,18,19,20)/b12-7+. The first kappa shape index (κ1) is 14.3. The van der Waals surface area contributed by atoms with E-state index in [2.05, 4.69) is 47.1 Å². The monoisotopic (exact) mass is 282 g/mol. The summed E-state index contributed by atoms with van der Waals surface area (Å²) in [6, 6.07) is 20.4. The molecule has 2 aromatic carbocycles. The average Bonchev–Trinajstić information content (AvgIpc) is 2.52. The van der Waals surface area contributed by atoms with Crippen molar-refractivity contribution in [3.63, 3.8) is 0 Å². The molecule has 102 valence electrons. The SMILES string of the molecule is S=C(NC/C=C/c1ccccc1)NCc1ccccc1. The Bertz CT molecular complexity index is 550. The minimum Gasteiger partial charge on any atom is -0.359 e. The van der Waals surface area contributed by atoms with Gasteiger partial charge in [-0.15, -0.1) is 0 Å². The fraction of sp³-hybridized carbons (Fsp3) is 0.118. The number of nitrogens with one attached hydrogen (secondary N) is 2. The Hall–Kier alpha value is -2.13. The molecule has 2 aromatic rings. The topological polar surface area (TPSA) is 24.1 Å². The summed E-state index contributed by atoms with van der Waals surface area (Å²) in [6.45, 7) is 1.46. The predicted octanol–water partition coefficient (Wildman–Crippen LogP) is 3.36. The molecule has 0 saturated heterocycles. The molecule has 0 bridgehead atoms. The van der Waals surface area contributed by atoms with Crippen LogP contribution in [0.5, 0.6) is 0 Å². The molecule has 0 aromatic heterocycles. The van der Waals surface area contributed by atoms with Gasteiger partial charge < -0.3 is 10.6 Å². The molecule has 2 nitrogen and oxygen atoms in total. The van der Waals surface area contributed by atoms with Gasteiger partial charge in [0.25, 0.3) is 0 Å². The molecule has 2 N–H and O–H groups in total. The first-order chi connectivity index (χ1) is 9.84. The first-order valence-corrected chi connectivity index (χ1v) is 7.02. The Morgan fingerprint density at radius 1 is 0.900 bits per heavy atom. The summed E-state index contributed by atoms with van der Waals surface area (Å²) >= 11 is 5.23. The largest absolute Gasteiger partial charge is 0.359 e. The van der Waals surface area contributed by atoms with Crippen LogP contribution in [0.15, 0.2) is 66.7 Å². The molecular weight excluding hydrogens is 264 g/mol. The molecule has 0 amide bonds. The van der Waals surface area contributed by atoms with Crippen molar-refractivity contribution in [1.82, 2.24) is 10.6 Å². The van der Waals surface area contributed by atoms with Crippen LogP contribution >= 0.6 is 12.2 Å². The molecule has 2 rings (SSSR count). The van der Waals surface area contributed by atoms with Gasteiger partial charge in [-0.25, -0.2) is 0 Å². The van der Waals surface area contributed by atoms with E-state index in [1.807, 2.05) is 36.4 Å². The second-order valence-corrected chi connectivity index (χ2v) is 4.77. The molecule has 0 atom stereocenters. The zero-order chi connectivity index (χ0) is 14.0. The highest BCUT2D eigenvalue weighted by Gasteiger charge is 1.94. The second-order valence-electron chi connectivity index (χ2n) is 4.36. The van der Waals surface area contributed by atoms with Gasteiger partial charge in [-0.1, -0.05) is 72.8 Å². The van der Waals surface area contributed by atoms with Gasteiger partial charge in [-0.2, -0.15) is 0 Å². The molecule has 0 saturated carbocycles. The zero-order valence-electron chi connectivity index (χ0n) is 11.3. The maximum Gasteiger partial charge on any atom is 0.166 e. The maximum atomic E-state index is 5.23. The summed E-state index contributed by atoms with van der Waals surface area (Å²) in [4.78, 5) is 0. The average molecular weight is 282 g/mol. The van der Waals surface area contributed by atoms with Gasteiger partial charge in [0.2, 0.25) is 0 Å². The summed E-state index contributed by atoms with van der Waals surface area (Å²) in [7, 11) is 0. The van der Waals surface area contributed by atoms with Gasteiger partial charge >= 0.3 is 0 Å². The normalized spacial score (nSPS) is 10.4. The summed E-state index contributed by atoms with van der Waals surface area (Å²) in [5, 5.41) is 7.01. The second kappa shape index (κ2) is 8.12. The van der Waals surface area contributed by atoms with E-state index < -0.39 is 0 Å². The number of hydrogen-bond donors (Lipinski definition) is 2. The summed E-state index contributed by atoms with van der Waals surface area (Å²) in [6.07, 6.45) is 4.14. The van der Waals surface area contributed by atoms with Gasteiger partial charge in [0, 0.05) is 13.1 Å². The molecule has 3 heteroatoms. The fourth-order valence-electron chi connectivity index (χ4n) is 1.75. The first-order valence-electron chi connectivity index (χ1n) is 6.62. The summed E-state index contributed by atoms with van der Waals surface area (Å²) < 4.78 is 0. The Kier molecular flexibility index (Phi) is 5.80. The van der Waals surface area contributed by atoms with E-state index in [4.69, 9.17) is 12.2 Å². The maximum absolute atomic E-state index is 5.23. The van der Waals surface area contributed by atoms with E-state index in [1.165, 1.54) is 11.1 Å². The molecule has 0 aliphatic carbocycles. The van der Waals surface area contributed by atoms with Gasteiger partial charge in [-0.05, 0) is 23.3 Å². The molecule has 0 aliphatic rings. The molecule has 0 spiro atoms. The lowest BCUT2D eigenvalue weighted by molar-refractivity contribution is 0.873. The van der Waals surface area contributed by atoms with E-state index in [0.717, 1.165) is 13.1 Å². The van der Waals surface area contributed by atoms with Crippen molar-refractivity contribution in [3.05, 3.63) is 77.9 Å². The van der Waals surface area contributed by atoms with Crippen molar-refractivity contribution in [2.24, 2.45) is 0 Å². The van der Waals surface area contributed by atoms with E-state index in [1.54, 1.807) is 0 Å². The molecule has 0 unspecified atom stereocenters. The van der Waals surface area contributed by atoms with Crippen LogP contribution in [-0.4, -0.2) is 11.7 Å². The van der Waals surface area contributed by atoms with E-state index in [-0.39, 0.29) is 0 Å². The Morgan fingerprint density at radius 3 is 2.25 bits per heavy atom. The van der Waals surface area contributed by atoms with Crippen LogP contribution in [0.4, 0.5) is 0 Å². The Morgan fingerprint density at radius 2 is 1.55 bits per heavy atom. The molecule has 0 fully saturated rings. The minimum atomic E-state index is 0.673. The number of hydrogen-bond acceptors (Lipinski definition) is 1. The molecule has 0 aliphatic heterocycles. The molecule has 0 radical (unpaired) electrons. The van der Waals surface area contributed by atoms with E-state index in [0.29, 0.717) is 5.11 Å². The van der Waals surface area contributed by atoms with Crippen molar-refractivity contribution in [3.8, 4) is 0 Å². The zero-order valence-corrected chi connectivity index (χ0v) is 12.1. The van der Waals surface area contributed by atoms with Crippen LogP contribution in [0, 0.1) is 0 Å². The third kappa shape index (κ3) is 5.24. The van der Waals surface area contributed by atoms with Gasteiger partial charge in [0.1, 0.15) is 0 Å². The van der Waals surface area contributed by atoms with Crippen LogP contribution < -0.4 is 10.6 Å². The summed E-state index contributed by atoms with van der Waals surface area (Å²) in [5.41, 5.74) is 2.41. The van der Waals surface area contributed by atoms with Crippen LogP contribution in [0.2, 0.25) is 0 Å². The quantitative estimate of drug-likeness (QED) is 0.822. The number of thiocarbonyl (C=S) groups is 1. The Balaban J connectivity index is 1.67. The van der Waals surface area contributed by atoms with Crippen molar-refractivity contribution in [1.29, 1.82) is 0 Å². The minimum absolute atomic E-state index is 0.673. The van der Waals surface area contributed by atoms with Crippen LogP contribution in [-0.2, 0) is 6.54 Å². The summed E-state index contributed by atoms with van der Waals surface area (Å²) in [5.74, 6) is 0. The Labute approximate surface area is 125 Å². The van der Waals surface area contributed by atoms with Crippen LogP contribution in [0.1, 0.15) is 11.1 Å². The van der Waals surface area contributed by atoms with Crippen molar-refractivity contribution in [2.45, 2.75) is 6.54 Å². The highest BCUT2D eigenvalue weighted by Crippen LogP contribution is 2.00. The fourth-order valence-corrected chi connectivity index (χ4v) is 1.91. The molecule has 20 heavy (non-hydrogen) atoms. The van der Waals surface area contributed by atoms with Crippen molar-refractivity contribution < 1.29 is 0 Å². The van der Waals surface area contributed by atoms with Crippen LogP contribution in [0.25, 0.3) is 6.08 Å². The lowest BCUT2D eigenvalue weighted by Gasteiger charge is -2.08. The van der Waals surface area contributed by atoms with Crippen molar-refractivity contribution in [2.75, 3.05) is 6.54 Å². The predicted molar refractivity (Wildman–Crippen MR) is 89.4 cm³/mol. The van der Waals surface area contributed by atoms with E-state index in [9.17, 15) is 0 Å². The third-order valence-electron chi connectivity index (χ3n) is 2.79. The lowest BCUT2D eigenvalue weighted by Crippen LogP contribution is -2.34. The number of benzene rings is 2. The van der Waals surface area contributed by atoms with Crippen LogP contribution in [0.3, 0.4) is 0 Å². The van der Waals surface area contributed by atoms with Crippen molar-refractivity contribution >= 4 is 23.4 Å². The number of rotatable bonds is 5. The lowest BCUT2D eigenvalue weighted by atomic mass is 10.2. The van der Waals surface area contributed by atoms with Gasteiger partial charge in [-0.3, -0.25) is 0 Å². The van der Waals surface area contributed by atoms with E-state index >= 15 is 0 Å². The van der Waals surface area contributed by atoms with Gasteiger partial charge in [0.15, 0.2) is 5.11 Å². The third-order valence-corrected chi connectivity index (χ3v) is 3.07. The highest BCUT2D eigenvalue weighted by atomic mass is 32.1. The molecule has 0 heterocycles. The highest BCUT2D eigenvalue weighted by molar-refractivity contribution is 7.80.